The molecular formula is C18H10F5N3O. The molecule has 0 aliphatic heterocycles. The molecule has 0 spiro atoms. The van der Waals surface area contributed by atoms with E-state index < -0.39 is 35.0 Å². The Morgan fingerprint density at radius 3 is 2.30 bits per heavy atom. The van der Waals surface area contributed by atoms with Crippen LogP contribution < -0.4 is 10.6 Å². The van der Waals surface area contributed by atoms with Crippen molar-refractivity contribution >= 4 is 23.0 Å². The fraction of sp³-hybridized carbons (Fsp3) is 0. The summed E-state index contributed by atoms with van der Waals surface area (Å²) in [6.45, 7) is 0. The van der Waals surface area contributed by atoms with Gasteiger partial charge in [-0.05, 0) is 30.3 Å². The van der Waals surface area contributed by atoms with E-state index in [-0.39, 0.29) is 22.6 Å². The van der Waals surface area contributed by atoms with Crippen molar-refractivity contribution in [1.82, 2.24) is 4.98 Å². The number of amides is 1. The van der Waals surface area contributed by atoms with Crippen molar-refractivity contribution in [3.63, 3.8) is 0 Å². The third kappa shape index (κ3) is 4.02. The maximum atomic E-state index is 13.7. The lowest BCUT2D eigenvalue weighted by Crippen LogP contribution is -2.13. The monoisotopic (exact) mass is 379 g/mol. The van der Waals surface area contributed by atoms with Gasteiger partial charge in [-0.2, -0.15) is 0 Å². The fourth-order valence-electron chi connectivity index (χ4n) is 2.20. The number of nitrogens with zero attached hydrogens (tertiary/aromatic N) is 1. The molecule has 1 heterocycles. The Morgan fingerprint density at radius 1 is 0.815 bits per heavy atom. The highest BCUT2D eigenvalue weighted by Crippen LogP contribution is 2.24. The van der Waals surface area contributed by atoms with Crippen LogP contribution in [-0.2, 0) is 0 Å². The summed E-state index contributed by atoms with van der Waals surface area (Å²) in [5, 5.41) is 4.71. The van der Waals surface area contributed by atoms with E-state index in [4.69, 9.17) is 0 Å². The summed E-state index contributed by atoms with van der Waals surface area (Å²) in [4.78, 5) is 16.0. The van der Waals surface area contributed by atoms with Gasteiger partial charge >= 0.3 is 0 Å². The maximum absolute atomic E-state index is 13.7. The molecule has 1 amide bonds. The molecule has 0 saturated heterocycles. The van der Waals surface area contributed by atoms with Crippen LogP contribution in [0.2, 0.25) is 0 Å². The number of hydrogen-bond acceptors (Lipinski definition) is 3. The number of anilines is 3. The Labute approximate surface area is 149 Å². The number of rotatable bonds is 4. The molecule has 9 heteroatoms. The van der Waals surface area contributed by atoms with Gasteiger partial charge in [0.2, 0.25) is 0 Å². The van der Waals surface area contributed by atoms with Gasteiger partial charge in [-0.3, -0.25) is 9.78 Å². The van der Waals surface area contributed by atoms with Crippen molar-refractivity contribution < 1.29 is 26.7 Å². The van der Waals surface area contributed by atoms with Crippen molar-refractivity contribution in [3.05, 3.63) is 83.4 Å². The number of pyridine rings is 1. The molecular weight excluding hydrogens is 369 g/mol. The zero-order chi connectivity index (χ0) is 19.6. The largest absolute Gasteiger partial charge is 0.352 e. The van der Waals surface area contributed by atoms with E-state index in [9.17, 15) is 26.7 Å². The molecule has 0 saturated carbocycles. The van der Waals surface area contributed by atoms with Crippen LogP contribution in [0.25, 0.3) is 0 Å². The Bertz CT molecular complexity index is 1030. The molecule has 138 valence electrons. The van der Waals surface area contributed by atoms with Crippen LogP contribution in [0, 0.1) is 29.1 Å². The molecule has 27 heavy (non-hydrogen) atoms. The Kier molecular flexibility index (Phi) is 5.02. The van der Waals surface area contributed by atoms with Crippen molar-refractivity contribution in [2.24, 2.45) is 0 Å². The van der Waals surface area contributed by atoms with Crippen molar-refractivity contribution in [2.75, 3.05) is 10.6 Å². The van der Waals surface area contributed by atoms with Crippen LogP contribution in [0.3, 0.4) is 0 Å². The molecule has 0 atom stereocenters. The summed E-state index contributed by atoms with van der Waals surface area (Å²) < 4.78 is 66.5. The highest BCUT2D eigenvalue weighted by atomic mass is 19.2. The number of carbonyl (C=O) groups is 1. The lowest BCUT2D eigenvalue weighted by molar-refractivity contribution is 0.102. The topological polar surface area (TPSA) is 54.0 Å². The number of hydrogen-bond donors (Lipinski definition) is 2. The van der Waals surface area contributed by atoms with Gasteiger partial charge in [-0.1, -0.05) is 0 Å². The molecule has 3 rings (SSSR count). The molecule has 2 N–H and O–H groups in total. The number of nitrogens with one attached hydrogen (secondary N) is 2. The first-order valence-corrected chi connectivity index (χ1v) is 7.47. The van der Waals surface area contributed by atoms with Gasteiger partial charge in [-0.15, -0.1) is 0 Å². The van der Waals surface area contributed by atoms with Crippen molar-refractivity contribution in [3.8, 4) is 0 Å². The molecule has 0 bridgehead atoms. The molecule has 1 aromatic heterocycles. The Balaban J connectivity index is 1.81. The van der Waals surface area contributed by atoms with Crippen LogP contribution in [0.1, 0.15) is 10.4 Å². The van der Waals surface area contributed by atoms with Crippen molar-refractivity contribution in [2.45, 2.75) is 0 Å². The van der Waals surface area contributed by atoms with Crippen LogP contribution in [0.4, 0.5) is 39.0 Å². The van der Waals surface area contributed by atoms with Gasteiger partial charge < -0.3 is 10.6 Å². The predicted molar refractivity (Wildman–Crippen MR) is 88.1 cm³/mol. The first-order chi connectivity index (χ1) is 12.8. The van der Waals surface area contributed by atoms with Gasteiger partial charge in [0.15, 0.2) is 17.5 Å². The zero-order valence-corrected chi connectivity index (χ0v) is 13.4. The summed E-state index contributed by atoms with van der Waals surface area (Å²) in [6, 6.07) is 5.59. The Morgan fingerprint density at radius 2 is 1.56 bits per heavy atom. The van der Waals surface area contributed by atoms with E-state index in [2.05, 4.69) is 15.6 Å². The van der Waals surface area contributed by atoms with Crippen LogP contribution in [0.5, 0.6) is 0 Å². The van der Waals surface area contributed by atoms with E-state index in [1.165, 1.54) is 12.3 Å². The molecule has 0 unspecified atom stereocenters. The van der Waals surface area contributed by atoms with Crippen LogP contribution in [0.15, 0.2) is 48.8 Å². The van der Waals surface area contributed by atoms with E-state index in [1.54, 1.807) is 0 Å². The summed E-state index contributed by atoms with van der Waals surface area (Å²) in [7, 11) is 0. The lowest BCUT2D eigenvalue weighted by Gasteiger charge is -2.10. The van der Waals surface area contributed by atoms with Gasteiger partial charge in [-0.25, -0.2) is 22.0 Å². The van der Waals surface area contributed by atoms with Gasteiger partial charge in [0.05, 0.1) is 28.8 Å². The van der Waals surface area contributed by atoms with Crippen LogP contribution in [-0.4, -0.2) is 10.9 Å². The van der Waals surface area contributed by atoms with E-state index in [1.807, 2.05) is 0 Å². The van der Waals surface area contributed by atoms with Gasteiger partial charge in [0, 0.05) is 12.3 Å². The molecule has 0 radical (unpaired) electrons. The smallest absolute Gasteiger partial charge is 0.257 e. The maximum Gasteiger partial charge on any atom is 0.257 e. The number of carbonyl (C=O) groups excluding carboxylic acids is 1. The molecule has 3 aromatic rings. The Hall–Kier alpha value is -3.49. The third-order valence-electron chi connectivity index (χ3n) is 3.49. The number of halogens is 5. The highest BCUT2D eigenvalue weighted by molar-refractivity contribution is 6.04. The third-order valence-corrected chi connectivity index (χ3v) is 3.49. The molecule has 4 nitrogen and oxygen atoms in total. The molecule has 0 aliphatic carbocycles. The standard InChI is InChI=1S/C18H10F5N3O/c19-10-1-3-14(13(21)6-10)26-18(27)9-5-11(8-24-7-9)25-15-4-2-12(20)16(22)17(15)23/h1-8,25H,(H,26,27). The second-order valence-electron chi connectivity index (χ2n) is 5.39. The fourth-order valence-corrected chi connectivity index (χ4v) is 2.20. The normalized spacial score (nSPS) is 10.6. The van der Waals surface area contributed by atoms with Crippen molar-refractivity contribution in [1.29, 1.82) is 0 Å². The van der Waals surface area contributed by atoms with Gasteiger partial charge in [0.1, 0.15) is 11.6 Å². The number of benzene rings is 2. The average Bonchev–Trinajstić information content (AvgIpc) is 2.65. The predicted octanol–water partition coefficient (Wildman–Crippen LogP) is 4.77. The summed E-state index contributed by atoms with van der Waals surface area (Å²) >= 11 is 0. The summed E-state index contributed by atoms with van der Waals surface area (Å²) in [6.07, 6.45) is 2.37. The minimum absolute atomic E-state index is 0.0354. The van der Waals surface area contributed by atoms with E-state index >= 15 is 0 Å². The molecule has 2 aromatic carbocycles. The SMILES string of the molecule is O=C(Nc1ccc(F)cc1F)c1cncc(Nc2ccc(F)c(F)c2F)c1. The first-order valence-electron chi connectivity index (χ1n) is 7.47. The summed E-state index contributed by atoms with van der Waals surface area (Å²) in [5.41, 5.74) is -0.539. The van der Waals surface area contributed by atoms with Crippen LogP contribution >= 0.6 is 0 Å². The number of aromatic nitrogens is 1. The quantitative estimate of drug-likeness (QED) is 0.507. The molecule has 0 aliphatic rings. The second kappa shape index (κ2) is 7.40. The highest BCUT2D eigenvalue weighted by Gasteiger charge is 2.15. The van der Waals surface area contributed by atoms with E-state index in [0.29, 0.717) is 6.07 Å². The minimum atomic E-state index is -1.64. The summed E-state index contributed by atoms with van der Waals surface area (Å²) in [5.74, 6) is -6.94. The minimum Gasteiger partial charge on any atom is -0.352 e. The zero-order valence-electron chi connectivity index (χ0n) is 13.4. The lowest BCUT2D eigenvalue weighted by atomic mass is 10.2. The first kappa shape index (κ1) is 18.3. The van der Waals surface area contributed by atoms with Gasteiger partial charge in [0.25, 0.3) is 5.91 Å². The second-order valence-corrected chi connectivity index (χ2v) is 5.39. The van der Waals surface area contributed by atoms with E-state index in [0.717, 1.165) is 30.5 Å². The molecule has 0 fully saturated rings. The average molecular weight is 379 g/mol.